The fourth-order valence-corrected chi connectivity index (χ4v) is 6.63. The summed E-state index contributed by atoms with van der Waals surface area (Å²) in [7, 11) is -5.15. The Morgan fingerprint density at radius 3 is 1.76 bits per heavy atom. The van der Waals surface area contributed by atoms with Gasteiger partial charge in [0.15, 0.2) is 15.5 Å². The van der Waals surface area contributed by atoms with E-state index < -0.39 is 10.2 Å². The first-order valence-corrected chi connectivity index (χ1v) is 12.0. The molecule has 0 aliphatic carbocycles. The van der Waals surface area contributed by atoms with Crippen LogP contribution >= 0.6 is 11.8 Å². The summed E-state index contributed by atoms with van der Waals surface area (Å²) < 4.78 is 34.0. The van der Waals surface area contributed by atoms with Crippen molar-refractivity contribution < 1.29 is 33.7 Å². The van der Waals surface area contributed by atoms with Gasteiger partial charge in [-0.25, -0.2) is 18.6 Å². The summed E-state index contributed by atoms with van der Waals surface area (Å²) in [5.41, 5.74) is 1.99. The number of halogens is 1. The van der Waals surface area contributed by atoms with Crippen LogP contribution in [0.1, 0.15) is 15.9 Å². The number of fused-ring (bicyclic) bond motifs is 2. The lowest BCUT2D eigenvalue weighted by molar-refractivity contribution is -2.00. The molecule has 8 heteroatoms. The second kappa shape index (κ2) is 9.32. The maximum absolute atomic E-state index is 12.8. The molecule has 0 bridgehead atoms. The number of Topliss-reactive ketones (excluding diaryl/α,β-unsaturated/α-hetero) is 1. The fraction of sp³-hybridized carbons (Fsp3) is 0.0952. The van der Waals surface area contributed by atoms with E-state index in [0.717, 1.165) is 5.56 Å². The largest absolute Gasteiger partial charge is 0.289 e. The number of hydrogen-bond donors (Lipinski definition) is 0. The van der Waals surface area contributed by atoms with Crippen molar-refractivity contribution in [2.75, 3.05) is 5.75 Å². The zero-order chi connectivity index (χ0) is 21.0. The SMILES string of the molecule is Cc1ccc(C(=O)C[S+]2c3ccccc3Sc3ccccc32)cc1.[O-][Cl+3]([O-])([O-])[O-]. The molecule has 0 fully saturated rings. The predicted molar refractivity (Wildman–Crippen MR) is 101 cm³/mol. The first-order valence-electron chi connectivity index (χ1n) is 8.51. The molecule has 150 valence electrons. The van der Waals surface area contributed by atoms with Crippen molar-refractivity contribution in [3.8, 4) is 0 Å². The van der Waals surface area contributed by atoms with Gasteiger partial charge in [-0.3, -0.25) is 4.79 Å². The molecule has 1 aliphatic rings. The van der Waals surface area contributed by atoms with Gasteiger partial charge in [0.25, 0.3) is 0 Å². The first-order chi connectivity index (χ1) is 13.7. The number of ketones is 1. The Hall–Kier alpha value is -1.84. The molecule has 0 amide bonds. The molecule has 0 N–H and O–H groups in total. The summed E-state index contributed by atoms with van der Waals surface area (Å²) in [4.78, 5) is 18.0. The van der Waals surface area contributed by atoms with E-state index in [1.54, 1.807) is 11.8 Å². The molecule has 0 atom stereocenters. The minimum absolute atomic E-state index is 0.201. The van der Waals surface area contributed by atoms with Crippen molar-refractivity contribution >= 4 is 28.4 Å². The van der Waals surface area contributed by atoms with E-state index in [2.05, 4.69) is 48.5 Å². The molecular weight excluding hydrogens is 432 g/mol. The summed E-state index contributed by atoms with van der Waals surface area (Å²) >= 11 is 1.81. The lowest BCUT2D eigenvalue weighted by atomic mass is 10.1. The average Bonchev–Trinajstić information content (AvgIpc) is 2.67. The molecule has 0 saturated heterocycles. The van der Waals surface area contributed by atoms with Crippen molar-refractivity contribution in [1.29, 1.82) is 0 Å². The number of benzene rings is 3. The Labute approximate surface area is 178 Å². The zero-order valence-corrected chi connectivity index (χ0v) is 17.8. The van der Waals surface area contributed by atoms with Crippen LogP contribution in [-0.4, -0.2) is 11.5 Å². The Kier molecular flexibility index (Phi) is 7.02. The van der Waals surface area contributed by atoms with Gasteiger partial charge in [0, 0.05) is 5.56 Å². The fourth-order valence-electron chi connectivity index (χ4n) is 2.82. The Balaban J connectivity index is 0.000000431. The Morgan fingerprint density at radius 1 is 0.828 bits per heavy atom. The van der Waals surface area contributed by atoms with E-state index in [1.165, 1.54) is 25.1 Å². The second-order valence-electron chi connectivity index (χ2n) is 6.20. The molecule has 0 unspecified atom stereocenters. The predicted octanol–water partition coefficient (Wildman–Crippen LogP) is 0.623. The molecule has 0 spiro atoms. The summed E-state index contributed by atoms with van der Waals surface area (Å²) in [6.45, 7) is 2.04. The standard InChI is InChI=1S/C21H17OS2.ClHO4/c1-15-10-12-16(13-11-15)17(22)14-24-20-8-4-2-6-18(20)23-19-7-3-5-9-21(19)24;2-1(3,4)5/h2-13H,14H2,1H3;(H,2,3,4,5)/q+1;/p-1. The third kappa shape index (κ3) is 6.07. The van der Waals surface area contributed by atoms with E-state index in [-0.39, 0.29) is 16.7 Å². The van der Waals surface area contributed by atoms with Gasteiger partial charge >= 0.3 is 0 Å². The monoisotopic (exact) mass is 448 g/mol. The number of aryl methyl sites for hydroxylation is 1. The lowest BCUT2D eigenvalue weighted by Gasteiger charge is -2.18. The van der Waals surface area contributed by atoms with Gasteiger partial charge in [-0.1, -0.05) is 65.9 Å². The molecule has 0 aromatic heterocycles. The van der Waals surface area contributed by atoms with E-state index in [1.807, 2.05) is 31.2 Å². The summed E-state index contributed by atoms with van der Waals surface area (Å²) in [5, 5.41) is 0. The molecule has 5 nitrogen and oxygen atoms in total. The van der Waals surface area contributed by atoms with E-state index in [4.69, 9.17) is 18.6 Å². The first kappa shape index (κ1) is 21.9. The minimum Gasteiger partial charge on any atom is -0.289 e. The normalized spacial score (nSPS) is 13.0. The van der Waals surface area contributed by atoms with Gasteiger partial charge in [0.2, 0.25) is 5.78 Å². The maximum Gasteiger partial charge on any atom is 0.212 e. The summed E-state index contributed by atoms with van der Waals surface area (Å²) in [6.07, 6.45) is 0. The molecule has 1 heterocycles. The van der Waals surface area contributed by atoms with Crippen LogP contribution in [0.4, 0.5) is 0 Å². The van der Waals surface area contributed by atoms with Crippen molar-refractivity contribution in [1.82, 2.24) is 0 Å². The number of carbonyl (C=O) groups excluding carboxylic acids is 1. The van der Waals surface area contributed by atoms with Crippen LogP contribution in [0, 0.1) is 17.2 Å². The minimum atomic E-state index is -4.94. The summed E-state index contributed by atoms with van der Waals surface area (Å²) in [6, 6.07) is 24.9. The molecule has 3 aromatic rings. The van der Waals surface area contributed by atoms with Crippen molar-refractivity contribution in [2.24, 2.45) is 0 Å². The highest BCUT2D eigenvalue weighted by Crippen LogP contribution is 2.45. The highest BCUT2D eigenvalue weighted by Gasteiger charge is 2.37. The third-order valence-corrected chi connectivity index (χ3v) is 7.83. The molecule has 1 aliphatic heterocycles. The topological polar surface area (TPSA) is 109 Å². The van der Waals surface area contributed by atoms with Gasteiger partial charge in [-0.15, -0.1) is 10.2 Å². The van der Waals surface area contributed by atoms with Crippen LogP contribution in [0.3, 0.4) is 0 Å². The Morgan fingerprint density at radius 2 is 1.28 bits per heavy atom. The third-order valence-electron chi connectivity index (χ3n) is 4.10. The van der Waals surface area contributed by atoms with Gasteiger partial charge in [0.1, 0.15) is 0 Å². The van der Waals surface area contributed by atoms with Gasteiger partial charge < -0.3 is 0 Å². The number of rotatable bonds is 3. The van der Waals surface area contributed by atoms with E-state index >= 15 is 0 Å². The highest BCUT2D eigenvalue weighted by molar-refractivity contribution is 8.04. The summed E-state index contributed by atoms with van der Waals surface area (Å²) in [5.74, 6) is 0.757. The van der Waals surface area contributed by atoms with Crippen LogP contribution in [0.2, 0.25) is 0 Å². The Bertz CT molecular complexity index is 951. The second-order valence-corrected chi connectivity index (χ2v) is 9.99. The average molecular weight is 449 g/mol. The van der Waals surface area contributed by atoms with Crippen molar-refractivity contribution in [3.63, 3.8) is 0 Å². The zero-order valence-electron chi connectivity index (χ0n) is 15.4. The molecule has 3 aromatic carbocycles. The smallest absolute Gasteiger partial charge is 0.212 e. The molecule has 4 rings (SSSR count). The van der Waals surface area contributed by atoms with Crippen molar-refractivity contribution in [2.45, 2.75) is 26.5 Å². The van der Waals surface area contributed by atoms with Crippen LogP contribution in [0.25, 0.3) is 0 Å². The molecule has 29 heavy (non-hydrogen) atoms. The molecular formula is C21H17ClO5S2. The number of carbonyl (C=O) groups is 1. The van der Waals surface area contributed by atoms with Crippen molar-refractivity contribution in [3.05, 3.63) is 83.9 Å². The van der Waals surface area contributed by atoms with Crippen LogP contribution < -0.4 is 18.6 Å². The number of hydrogen-bond acceptors (Lipinski definition) is 6. The van der Waals surface area contributed by atoms with E-state index in [0.29, 0.717) is 5.75 Å². The van der Waals surface area contributed by atoms with Crippen LogP contribution in [-0.2, 0) is 10.9 Å². The molecule has 0 saturated carbocycles. The maximum atomic E-state index is 12.8. The lowest BCUT2D eigenvalue weighted by Crippen LogP contribution is -2.68. The van der Waals surface area contributed by atoms with Crippen LogP contribution in [0.15, 0.2) is 92.4 Å². The quantitative estimate of drug-likeness (QED) is 0.429. The van der Waals surface area contributed by atoms with Gasteiger partial charge in [-0.05, 0) is 31.2 Å². The van der Waals surface area contributed by atoms with E-state index in [9.17, 15) is 4.79 Å². The highest BCUT2D eigenvalue weighted by atomic mass is 35.7. The van der Waals surface area contributed by atoms with Gasteiger partial charge in [0.05, 0.1) is 20.7 Å². The molecule has 0 radical (unpaired) electrons. The van der Waals surface area contributed by atoms with Gasteiger partial charge in [-0.2, -0.15) is 0 Å². The van der Waals surface area contributed by atoms with Crippen LogP contribution in [0.5, 0.6) is 0 Å².